The Morgan fingerprint density at radius 2 is 1.74 bits per heavy atom. The lowest BCUT2D eigenvalue weighted by molar-refractivity contribution is -0.117. The first-order valence-electron chi connectivity index (χ1n) is 8.46. The lowest BCUT2D eigenvalue weighted by atomic mass is 10.2. The molecule has 3 aromatic rings. The smallest absolute Gasteiger partial charge is 0.254 e. The number of para-hydroxylation sites is 1. The second-order valence-corrected chi connectivity index (χ2v) is 5.88. The summed E-state index contributed by atoms with van der Waals surface area (Å²) in [5, 5.41) is 2.79. The van der Waals surface area contributed by atoms with Crippen molar-refractivity contribution in [2.75, 3.05) is 19.0 Å². The van der Waals surface area contributed by atoms with Gasteiger partial charge in [-0.2, -0.15) is 0 Å². The van der Waals surface area contributed by atoms with Crippen LogP contribution in [0.4, 0.5) is 5.69 Å². The van der Waals surface area contributed by atoms with Crippen molar-refractivity contribution >= 4 is 17.5 Å². The van der Waals surface area contributed by atoms with Crippen molar-refractivity contribution in [2.24, 2.45) is 0 Å². The third-order valence-electron chi connectivity index (χ3n) is 3.94. The normalized spacial score (nSPS) is 10.3. The predicted octanol–water partition coefficient (Wildman–Crippen LogP) is 3.57. The summed E-state index contributed by atoms with van der Waals surface area (Å²) in [4.78, 5) is 26.8. The number of amides is 2. The molecule has 1 heterocycles. The van der Waals surface area contributed by atoms with Crippen LogP contribution in [0.5, 0.6) is 5.75 Å². The van der Waals surface area contributed by atoms with Crippen molar-refractivity contribution < 1.29 is 18.7 Å². The fourth-order valence-electron chi connectivity index (χ4n) is 2.60. The van der Waals surface area contributed by atoms with Gasteiger partial charge in [0.05, 0.1) is 19.9 Å². The molecule has 0 aliphatic rings. The van der Waals surface area contributed by atoms with E-state index in [-0.39, 0.29) is 24.9 Å². The summed E-state index contributed by atoms with van der Waals surface area (Å²) >= 11 is 0. The maximum Gasteiger partial charge on any atom is 0.254 e. The van der Waals surface area contributed by atoms with E-state index in [9.17, 15) is 9.59 Å². The molecular weight excluding hydrogens is 344 g/mol. The molecule has 2 aromatic carbocycles. The number of nitrogens with zero attached hydrogens (tertiary/aromatic N) is 1. The summed E-state index contributed by atoms with van der Waals surface area (Å²) in [6.07, 6.45) is 1.54. The van der Waals surface area contributed by atoms with Crippen LogP contribution < -0.4 is 10.1 Å². The monoisotopic (exact) mass is 364 g/mol. The summed E-state index contributed by atoms with van der Waals surface area (Å²) in [7, 11) is 1.56. The SMILES string of the molecule is COc1ccc(C(=O)N(CC(=O)Nc2ccccc2)Cc2ccco2)cc1. The lowest BCUT2D eigenvalue weighted by Gasteiger charge is -2.21. The van der Waals surface area contributed by atoms with E-state index in [1.54, 1.807) is 55.6 Å². The number of rotatable bonds is 7. The summed E-state index contributed by atoms with van der Waals surface area (Å²) in [6, 6.07) is 19.4. The minimum Gasteiger partial charge on any atom is -0.497 e. The molecule has 0 aliphatic heterocycles. The van der Waals surface area contributed by atoms with E-state index in [2.05, 4.69) is 5.32 Å². The van der Waals surface area contributed by atoms with Gasteiger partial charge < -0.3 is 19.4 Å². The summed E-state index contributed by atoms with van der Waals surface area (Å²) in [6.45, 7) is 0.0977. The van der Waals surface area contributed by atoms with Crippen molar-refractivity contribution in [3.8, 4) is 5.75 Å². The number of carbonyl (C=O) groups excluding carboxylic acids is 2. The number of furan rings is 1. The topological polar surface area (TPSA) is 71.8 Å². The molecule has 3 rings (SSSR count). The van der Waals surface area contributed by atoms with Crippen LogP contribution in [0.3, 0.4) is 0 Å². The Bertz CT molecular complexity index is 874. The fraction of sp³-hybridized carbons (Fsp3) is 0.143. The molecule has 0 aliphatic carbocycles. The first-order valence-corrected chi connectivity index (χ1v) is 8.46. The summed E-state index contributed by atoms with van der Waals surface area (Å²) < 4.78 is 10.5. The molecule has 1 aromatic heterocycles. The van der Waals surface area contributed by atoms with Gasteiger partial charge in [0.25, 0.3) is 5.91 Å². The molecule has 1 N–H and O–H groups in total. The zero-order valence-electron chi connectivity index (χ0n) is 14.9. The quantitative estimate of drug-likeness (QED) is 0.696. The van der Waals surface area contributed by atoms with Gasteiger partial charge in [-0.25, -0.2) is 0 Å². The molecule has 0 atom stereocenters. The molecule has 6 nitrogen and oxygen atoms in total. The summed E-state index contributed by atoms with van der Waals surface area (Å²) in [5.74, 6) is 0.710. The van der Waals surface area contributed by atoms with Gasteiger partial charge in [0.15, 0.2) is 0 Å². The minimum absolute atomic E-state index is 0.0968. The molecular formula is C21H20N2O4. The van der Waals surface area contributed by atoms with Crippen LogP contribution in [-0.4, -0.2) is 30.4 Å². The number of hydrogen-bond donors (Lipinski definition) is 1. The molecule has 0 bridgehead atoms. The molecule has 0 spiro atoms. The second-order valence-electron chi connectivity index (χ2n) is 5.88. The van der Waals surface area contributed by atoms with Crippen LogP contribution in [0, 0.1) is 0 Å². The third-order valence-corrected chi connectivity index (χ3v) is 3.94. The second kappa shape index (κ2) is 8.71. The predicted molar refractivity (Wildman–Crippen MR) is 102 cm³/mol. The van der Waals surface area contributed by atoms with Crippen LogP contribution in [0.2, 0.25) is 0 Å². The first kappa shape index (κ1) is 18.3. The zero-order valence-corrected chi connectivity index (χ0v) is 14.9. The molecule has 138 valence electrons. The summed E-state index contributed by atoms with van der Waals surface area (Å²) in [5.41, 5.74) is 1.15. The Kier molecular flexibility index (Phi) is 5.89. The highest BCUT2D eigenvalue weighted by Crippen LogP contribution is 2.15. The number of benzene rings is 2. The highest BCUT2D eigenvalue weighted by atomic mass is 16.5. The minimum atomic E-state index is -0.283. The van der Waals surface area contributed by atoms with E-state index in [0.717, 1.165) is 0 Å². The molecule has 0 fully saturated rings. The van der Waals surface area contributed by atoms with E-state index < -0.39 is 0 Å². The average molecular weight is 364 g/mol. The van der Waals surface area contributed by atoms with E-state index in [1.165, 1.54) is 11.2 Å². The van der Waals surface area contributed by atoms with E-state index in [1.807, 2.05) is 18.2 Å². The Balaban J connectivity index is 1.75. The molecule has 0 saturated heterocycles. The highest BCUT2D eigenvalue weighted by Gasteiger charge is 2.20. The maximum absolute atomic E-state index is 12.9. The van der Waals surface area contributed by atoms with Crippen molar-refractivity contribution in [1.29, 1.82) is 0 Å². The number of carbonyl (C=O) groups is 2. The van der Waals surface area contributed by atoms with Crippen molar-refractivity contribution in [3.63, 3.8) is 0 Å². The van der Waals surface area contributed by atoms with Gasteiger partial charge in [-0.15, -0.1) is 0 Å². The number of nitrogens with one attached hydrogen (secondary N) is 1. The molecule has 0 unspecified atom stereocenters. The van der Waals surface area contributed by atoms with E-state index in [4.69, 9.17) is 9.15 Å². The Morgan fingerprint density at radius 3 is 2.37 bits per heavy atom. The number of ether oxygens (including phenoxy) is 1. The van der Waals surface area contributed by atoms with Crippen LogP contribution in [0.25, 0.3) is 0 Å². The largest absolute Gasteiger partial charge is 0.497 e. The molecule has 27 heavy (non-hydrogen) atoms. The Hall–Kier alpha value is -3.54. The van der Waals surface area contributed by atoms with Crippen LogP contribution >= 0.6 is 0 Å². The van der Waals surface area contributed by atoms with Crippen LogP contribution in [0.1, 0.15) is 16.1 Å². The highest BCUT2D eigenvalue weighted by molar-refractivity contribution is 5.99. The number of hydrogen-bond acceptors (Lipinski definition) is 4. The molecule has 2 amide bonds. The maximum atomic E-state index is 12.9. The van der Waals surface area contributed by atoms with Gasteiger partial charge >= 0.3 is 0 Å². The molecule has 6 heteroatoms. The van der Waals surface area contributed by atoms with Crippen LogP contribution in [-0.2, 0) is 11.3 Å². The van der Waals surface area contributed by atoms with Crippen molar-refractivity contribution in [1.82, 2.24) is 4.90 Å². The van der Waals surface area contributed by atoms with Gasteiger partial charge in [-0.3, -0.25) is 9.59 Å². The lowest BCUT2D eigenvalue weighted by Crippen LogP contribution is -2.37. The number of anilines is 1. The van der Waals surface area contributed by atoms with Gasteiger partial charge in [0, 0.05) is 11.3 Å². The van der Waals surface area contributed by atoms with Crippen molar-refractivity contribution in [3.05, 3.63) is 84.3 Å². The molecule has 0 saturated carbocycles. The standard InChI is InChI=1S/C21H20N2O4/c1-26-18-11-9-16(10-12-18)21(25)23(14-19-8-5-13-27-19)15-20(24)22-17-6-3-2-4-7-17/h2-13H,14-15H2,1H3,(H,22,24). The van der Waals surface area contributed by atoms with Crippen LogP contribution in [0.15, 0.2) is 77.4 Å². The number of methoxy groups -OCH3 is 1. The van der Waals surface area contributed by atoms with Gasteiger partial charge in [-0.05, 0) is 48.5 Å². The van der Waals surface area contributed by atoms with Gasteiger partial charge in [0.2, 0.25) is 5.91 Å². The van der Waals surface area contributed by atoms with Gasteiger partial charge in [-0.1, -0.05) is 18.2 Å². The molecule has 0 radical (unpaired) electrons. The third kappa shape index (κ3) is 4.98. The van der Waals surface area contributed by atoms with E-state index in [0.29, 0.717) is 22.8 Å². The fourth-order valence-corrected chi connectivity index (χ4v) is 2.60. The Labute approximate surface area is 157 Å². The zero-order chi connectivity index (χ0) is 19.1. The average Bonchev–Trinajstić information content (AvgIpc) is 3.21. The van der Waals surface area contributed by atoms with E-state index >= 15 is 0 Å². The van der Waals surface area contributed by atoms with Crippen molar-refractivity contribution in [2.45, 2.75) is 6.54 Å². The first-order chi connectivity index (χ1) is 13.2. The Morgan fingerprint density at radius 1 is 1.00 bits per heavy atom. The van der Waals surface area contributed by atoms with Gasteiger partial charge in [0.1, 0.15) is 18.1 Å².